The Morgan fingerprint density at radius 2 is 2.54 bits per heavy atom. The average Bonchev–Trinajstić information content (AvgIpc) is 2.55. The molecule has 0 aromatic carbocycles. The third-order valence-electron chi connectivity index (χ3n) is 1.76. The lowest BCUT2D eigenvalue weighted by Crippen LogP contribution is -2.21. The first-order valence-corrected chi connectivity index (χ1v) is 4.18. The number of nitrogens with one attached hydrogen (secondary N) is 1. The lowest BCUT2D eigenvalue weighted by Gasteiger charge is -2.09. The van der Waals surface area contributed by atoms with E-state index in [1.54, 1.807) is 6.26 Å². The van der Waals surface area contributed by atoms with Gasteiger partial charge in [-0.3, -0.25) is 4.79 Å². The summed E-state index contributed by atoms with van der Waals surface area (Å²) in [7, 11) is 0. The topological polar surface area (TPSA) is 62.5 Å². The lowest BCUT2D eigenvalue weighted by atomic mass is 10.2. The monoisotopic (exact) mass is 183 g/mol. The van der Waals surface area contributed by atoms with Crippen molar-refractivity contribution >= 4 is 5.97 Å². The average molecular weight is 183 g/mol. The predicted molar refractivity (Wildman–Crippen MR) is 47.4 cm³/mol. The summed E-state index contributed by atoms with van der Waals surface area (Å²) in [5.41, 5.74) is 0. The van der Waals surface area contributed by atoms with E-state index in [0.717, 1.165) is 5.76 Å². The number of aliphatic carboxylic acids is 1. The van der Waals surface area contributed by atoms with Crippen molar-refractivity contribution in [3.8, 4) is 0 Å². The number of furan rings is 1. The van der Waals surface area contributed by atoms with E-state index in [4.69, 9.17) is 9.52 Å². The molecule has 1 heterocycles. The van der Waals surface area contributed by atoms with E-state index in [1.807, 2.05) is 19.1 Å². The molecule has 4 nitrogen and oxygen atoms in total. The highest BCUT2D eigenvalue weighted by molar-refractivity contribution is 5.66. The van der Waals surface area contributed by atoms with Gasteiger partial charge >= 0.3 is 5.97 Å². The molecule has 0 saturated heterocycles. The Hall–Kier alpha value is -1.29. The van der Waals surface area contributed by atoms with Gasteiger partial charge in [0.25, 0.3) is 0 Å². The fourth-order valence-corrected chi connectivity index (χ4v) is 1.03. The minimum atomic E-state index is -0.792. The highest BCUT2D eigenvalue weighted by Crippen LogP contribution is 2.11. The summed E-state index contributed by atoms with van der Waals surface area (Å²) in [4.78, 5) is 10.2. The minimum Gasteiger partial charge on any atom is -0.481 e. The van der Waals surface area contributed by atoms with Gasteiger partial charge in [0.15, 0.2) is 0 Å². The van der Waals surface area contributed by atoms with Gasteiger partial charge in [-0.05, 0) is 19.1 Å². The van der Waals surface area contributed by atoms with E-state index in [9.17, 15) is 4.79 Å². The fraction of sp³-hybridized carbons (Fsp3) is 0.444. The number of carboxylic acid groups (broad SMARTS) is 1. The van der Waals surface area contributed by atoms with Crippen LogP contribution in [0.15, 0.2) is 22.8 Å². The van der Waals surface area contributed by atoms with Crippen LogP contribution in [-0.4, -0.2) is 17.6 Å². The molecule has 0 aliphatic rings. The molecule has 0 radical (unpaired) electrons. The molecule has 0 fully saturated rings. The number of carbonyl (C=O) groups is 1. The first kappa shape index (κ1) is 9.80. The second-order valence-corrected chi connectivity index (χ2v) is 2.83. The maximum Gasteiger partial charge on any atom is 0.304 e. The Kier molecular flexibility index (Phi) is 3.52. The Morgan fingerprint density at radius 3 is 3.08 bits per heavy atom. The molecule has 0 bridgehead atoms. The highest BCUT2D eigenvalue weighted by atomic mass is 16.4. The van der Waals surface area contributed by atoms with Crippen LogP contribution >= 0.6 is 0 Å². The third kappa shape index (κ3) is 3.29. The summed E-state index contributed by atoms with van der Waals surface area (Å²) in [6.45, 7) is 2.39. The van der Waals surface area contributed by atoms with E-state index in [1.165, 1.54) is 0 Å². The highest BCUT2D eigenvalue weighted by Gasteiger charge is 2.07. The molecule has 0 amide bonds. The maximum atomic E-state index is 10.2. The van der Waals surface area contributed by atoms with E-state index in [0.29, 0.717) is 6.54 Å². The summed E-state index contributed by atoms with van der Waals surface area (Å²) < 4.78 is 5.14. The molecule has 0 unspecified atom stereocenters. The van der Waals surface area contributed by atoms with E-state index >= 15 is 0 Å². The third-order valence-corrected chi connectivity index (χ3v) is 1.76. The normalized spacial score (nSPS) is 12.7. The van der Waals surface area contributed by atoms with Gasteiger partial charge in [-0.1, -0.05) is 0 Å². The van der Waals surface area contributed by atoms with Crippen molar-refractivity contribution in [1.29, 1.82) is 0 Å². The molecule has 13 heavy (non-hydrogen) atoms. The molecule has 1 rings (SSSR count). The van der Waals surface area contributed by atoms with Crippen LogP contribution in [0.4, 0.5) is 0 Å². The van der Waals surface area contributed by atoms with Crippen molar-refractivity contribution < 1.29 is 14.3 Å². The summed E-state index contributed by atoms with van der Waals surface area (Å²) in [5.74, 6) is 0.0320. The summed E-state index contributed by atoms with van der Waals surface area (Å²) in [6, 6.07) is 3.73. The molecule has 72 valence electrons. The smallest absolute Gasteiger partial charge is 0.304 e. The van der Waals surface area contributed by atoms with Gasteiger partial charge < -0.3 is 14.8 Å². The van der Waals surface area contributed by atoms with Crippen molar-refractivity contribution in [2.24, 2.45) is 0 Å². The zero-order valence-corrected chi connectivity index (χ0v) is 7.49. The molecule has 1 aromatic heterocycles. The van der Waals surface area contributed by atoms with Crippen molar-refractivity contribution in [3.05, 3.63) is 24.2 Å². The molecule has 0 aliphatic heterocycles. The van der Waals surface area contributed by atoms with Crippen molar-refractivity contribution in [3.63, 3.8) is 0 Å². The van der Waals surface area contributed by atoms with Gasteiger partial charge in [-0.15, -0.1) is 0 Å². The largest absolute Gasteiger partial charge is 0.481 e. The Bertz CT molecular complexity index is 256. The lowest BCUT2D eigenvalue weighted by molar-refractivity contribution is -0.136. The molecule has 0 aliphatic carbocycles. The van der Waals surface area contributed by atoms with E-state index in [2.05, 4.69) is 5.32 Å². The first-order chi connectivity index (χ1) is 6.20. The van der Waals surface area contributed by atoms with E-state index in [-0.39, 0.29) is 12.5 Å². The van der Waals surface area contributed by atoms with Crippen LogP contribution in [0.3, 0.4) is 0 Å². The Labute approximate surface area is 76.6 Å². The predicted octanol–water partition coefficient (Wildman–Crippen LogP) is 1.40. The number of hydrogen-bond acceptors (Lipinski definition) is 3. The quantitative estimate of drug-likeness (QED) is 0.724. The molecule has 0 saturated carbocycles. The molecule has 4 heteroatoms. The Balaban J connectivity index is 2.26. The molecular weight excluding hydrogens is 170 g/mol. The summed E-state index contributed by atoms with van der Waals surface area (Å²) >= 11 is 0. The minimum absolute atomic E-state index is 0.0642. The SMILES string of the molecule is C[C@H](NCCC(=O)O)c1ccco1. The second kappa shape index (κ2) is 4.67. The van der Waals surface area contributed by atoms with Gasteiger partial charge in [0.05, 0.1) is 18.7 Å². The van der Waals surface area contributed by atoms with Crippen molar-refractivity contribution in [2.75, 3.05) is 6.54 Å². The van der Waals surface area contributed by atoms with Crippen molar-refractivity contribution in [2.45, 2.75) is 19.4 Å². The molecule has 0 spiro atoms. The molecule has 1 aromatic rings. The van der Waals surface area contributed by atoms with Crippen LogP contribution < -0.4 is 5.32 Å². The Morgan fingerprint density at radius 1 is 1.77 bits per heavy atom. The van der Waals surface area contributed by atoms with Gasteiger partial charge in [-0.25, -0.2) is 0 Å². The van der Waals surface area contributed by atoms with Gasteiger partial charge in [0.1, 0.15) is 5.76 Å². The summed E-state index contributed by atoms with van der Waals surface area (Å²) in [5, 5.41) is 11.4. The molecule has 2 N–H and O–H groups in total. The fourth-order valence-electron chi connectivity index (χ4n) is 1.03. The van der Waals surface area contributed by atoms with Gasteiger partial charge in [-0.2, -0.15) is 0 Å². The number of rotatable bonds is 5. The number of hydrogen-bond donors (Lipinski definition) is 2. The van der Waals surface area contributed by atoms with Crippen LogP contribution in [-0.2, 0) is 4.79 Å². The zero-order chi connectivity index (χ0) is 9.68. The standard InChI is InChI=1S/C9H13NO3/c1-7(8-3-2-6-13-8)10-5-4-9(11)12/h2-3,6-7,10H,4-5H2,1H3,(H,11,12)/t7-/m0/s1. The molecular formula is C9H13NO3. The second-order valence-electron chi connectivity index (χ2n) is 2.83. The van der Waals surface area contributed by atoms with Crippen molar-refractivity contribution in [1.82, 2.24) is 5.32 Å². The van der Waals surface area contributed by atoms with Crippen LogP contribution in [0, 0.1) is 0 Å². The zero-order valence-electron chi connectivity index (χ0n) is 7.49. The van der Waals surface area contributed by atoms with Crippen LogP contribution in [0.1, 0.15) is 25.1 Å². The first-order valence-electron chi connectivity index (χ1n) is 4.18. The number of carboxylic acids is 1. The van der Waals surface area contributed by atoms with Crippen LogP contribution in [0.25, 0.3) is 0 Å². The van der Waals surface area contributed by atoms with E-state index < -0.39 is 5.97 Å². The summed E-state index contributed by atoms with van der Waals surface area (Å²) in [6.07, 6.45) is 1.73. The molecule has 1 atom stereocenters. The van der Waals surface area contributed by atoms with Gasteiger partial charge in [0, 0.05) is 6.54 Å². The maximum absolute atomic E-state index is 10.2. The van der Waals surface area contributed by atoms with Gasteiger partial charge in [0.2, 0.25) is 0 Å². The van der Waals surface area contributed by atoms with Crippen LogP contribution in [0.2, 0.25) is 0 Å². The van der Waals surface area contributed by atoms with Crippen LogP contribution in [0.5, 0.6) is 0 Å².